The molecular formula is C14H18FN3O. The second-order valence-corrected chi connectivity index (χ2v) is 5.55. The zero-order chi connectivity index (χ0) is 13.6. The first-order valence-electron chi connectivity index (χ1n) is 6.69. The maximum absolute atomic E-state index is 14.2. The number of benzene rings is 1. The van der Waals surface area contributed by atoms with Crippen LogP contribution in [0.15, 0.2) is 18.2 Å². The Labute approximate surface area is 111 Å². The highest BCUT2D eigenvalue weighted by molar-refractivity contribution is 5.93. The molecule has 19 heavy (non-hydrogen) atoms. The van der Waals surface area contributed by atoms with Gasteiger partial charge in [0.15, 0.2) is 0 Å². The van der Waals surface area contributed by atoms with E-state index >= 15 is 0 Å². The van der Waals surface area contributed by atoms with E-state index in [0.29, 0.717) is 17.8 Å². The number of hydrogen-bond donors (Lipinski definition) is 2. The Bertz CT molecular complexity index is 505. The molecule has 1 amide bonds. The minimum absolute atomic E-state index is 0.210. The maximum atomic E-state index is 14.2. The van der Waals surface area contributed by atoms with E-state index in [-0.39, 0.29) is 17.4 Å². The molecule has 2 atom stereocenters. The summed E-state index contributed by atoms with van der Waals surface area (Å²) in [6.45, 7) is 0. The molecule has 0 spiro atoms. The summed E-state index contributed by atoms with van der Waals surface area (Å²) in [5, 5.41) is 0. The number of fused-ring (bicyclic) bond motifs is 2. The highest BCUT2D eigenvalue weighted by atomic mass is 19.1. The normalized spacial score (nSPS) is 29.6. The maximum Gasteiger partial charge on any atom is 0.248 e. The molecule has 2 saturated heterocycles. The van der Waals surface area contributed by atoms with Crippen LogP contribution >= 0.6 is 0 Å². The minimum Gasteiger partial charge on any atom is -0.366 e. The highest BCUT2D eigenvalue weighted by Crippen LogP contribution is 2.39. The van der Waals surface area contributed by atoms with Crippen LogP contribution in [0.4, 0.5) is 10.1 Å². The summed E-state index contributed by atoms with van der Waals surface area (Å²) in [5.74, 6) is -0.974. The van der Waals surface area contributed by atoms with Crippen LogP contribution in [-0.2, 0) is 0 Å². The fourth-order valence-electron chi connectivity index (χ4n) is 3.48. The van der Waals surface area contributed by atoms with Crippen molar-refractivity contribution in [2.45, 2.75) is 43.8 Å². The van der Waals surface area contributed by atoms with E-state index in [0.717, 1.165) is 25.7 Å². The van der Waals surface area contributed by atoms with Crippen LogP contribution in [0.5, 0.6) is 0 Å². The molecular weight excluding hydrogens is 245 g/mol. The summed E-state index contributed by atoms with van der Waals surface area (Å²) in [6.07, 6.45) is 3.95. The number of carbonyl (C=O) groups is 1. The van der Waals surface area contributed by atoms with Gasteiger partial charge in [0.25, 0.3) is 0 Å². The average molecular weight is 263 g/mol. The second-order valence-electron chi connectivity index (χ2n) is 5.55. The quantitative estimate of drug-likeness (QED) is 0.846. The molecule has 0 aromatic heterocycles. The minimum atomic E-state index is -0.603. The van der Waals surface area contributed by atoms with E-state index in [4.69, 9.17) is 11.5 Å². The van der Waals surface area contributed by atoms with Crippen LogP contribution < -0.4 is 16.4 Å². The third-order valence-electron chi connectivity index (χ3n) is 4.28. The Kier molecular flexibility index (Phi) is 2.93. The lowest BCUT2D eigenvalue weighted by atomic mass is 9.97. The van der Waals surface area contributed by atoms with Gasteiger partial charge in [-0.2, -0.15) is 0 Å². The molecule has 2 fully saturated rings. The molecule has 1 aromatic rings. The molecule has 2 bridgehead atoms. The van der Waals surface area contributed by atoms with Crippen LogP contribution in [0.3, 0.4) is 0 Å². The lowest BCUT2D eigenvalue weighted by Gasteiger charge is -2.39. The van der Waals surface area contributed by atoms with Gasteiger partial charge in [-0.3, -0.25) is 4.79 Å². The van der Waals surface area contributed by atoms with Gasteiger partial charge in [0.1, 0.15) is 5.82 Å². The number of anilines is 1. The number of nitrogens with zero attached hydrogens (tertiary/aromatic N) is 1. The van der Waals surface area contributed by atoms with Gasteiger partial charge in [-0.1, -0.05) is 0 Å². The molecule has 0 radical (unpaired) electrons. The van der Waals surface area contributed by atoms with Gasteiger partial charge in [0, 0.05) is 23.7 Å². The van der Waals surface area contributed by atoms with Gasteiger partial charge in [0.05, 0.1) is 5.69 Å². The molecule has 4 N–H and O–H groups in total. The molecule has 1 aromatic carbocycles. The van der Waals surface area contributed by atoms with Gasteiger partial charge in [-0.15, -0.1) is 0 Å². The Morgan fingerprint density at radius 2 is 1.89 bits per heavy atom. The van der Waals surface area contributed by atoms with Crippen molar-refractivity contribution in [2.75, 3.05) is 4.90 Å². The van der Waals surface area contributed by atoms with E-state index in [2.05, 4.69) is 4.90 Å². The van der Waals surface area contributed by atoms with Crippen molar-refractivity contribution in [3.05, 3.63) is 29.6 Å². The predicted molar refractivity (Wildman–Crippen MR) is 71.4 cm³/mol. The lowest BCUT2D eigenvalue weighted by Crippen LogP contribution is -2.47. The fourth-order valence-corrected chi connectivity index (χ4v) is 3.48. The topological polar surface area (TPSA) is 72.4 Å². The lowest BCUT2D eigenvalue weighted by molar-refractivity contribution is 0.1000. The van der Waals surface area contributed by atoms with Gasteiger partial charge in [0.2, 0.25) is 5.91 Å². The summed E-state index contributed by atoms with van der Waals surface area (Å²) >= 11 is 0. The van der Waals surface area contributed by atoms with Gasteiger partial charge in [-0.05, 0) is 43.9 Å². The molecule has 0 aliphatic carbocycles. The molecule has 5 heteroatoms. The molecule has 0 saturated carbocycles. The van der Waals surface area contributed by atoms with E-state index in [1.165, 1.54) is 6.07 Å². The molecule has 3 rings (SSSR count). The van der Waals surface area contributed by atoms with Crippen molar-refractivity contribution in [3.8, 4) is 0 Å². The molecule has 2 aliphatic heterocycles. The van der Waals surface area contributed by atoms with Crippen LogP contribution in [0, 0.1) is 5.82 Å². The Hall–Kier alpha value is -1.62. The third-order valence-corrected chi connectivity index (χ3v) is 4.28. The number of primary amides is 1. The van der Waals surface area contributed by atoms with Crippen LogP contribution in [0.25, 0.3) is 0 Å². The van der Waals surface area contributed by atoms with Crippen LogP contribution in [0.1, 0.15) is 36.0 Å². The Morgan fingerprint density at radius 1 is 1.26 bits per heavy atom. The number of rotatable bonds is 2. The smallest absolute Gasteiger partial charge is 0.248 e. The first-order valence-corrected chi connectivity index (χ1v) is 6.69. The zero-order valence-corrected chi connectivity index (χ0v) is 10.7. The van der Waals surface area contributed by atoms with Crippen molar-refractivity contribution in [1.29, 1.82) is 0 Å². The van der Waals surface area contributed by atoms with E-state index in [9.17, 15) is 9.18 Å². The average Bonchev–Trinajstić information content (AvgIpc) is 2.62. The van der Waals surface area contributed by atoms with Crippen LogP contribution in [-0.4, -0.2) is 24.0 Å². The molecule has 2 heterocycles. The number of carbonyl (C=O) groups excluding carboxylic acids is 1. The van der Waals surface area contributed by atoms with Gasteiger partial charge >= 0.3 is 0 Å². The third kappa shape index (κ3) is 2.08. The first kappa shape index (κ1) is 12.4. The van der Waals surface area contributed by atoms with Crippen molar-refractivity contribution in [2.24, 2.45) is 11.5 Å². The summed E-state index contributed by atoms with van der Waals surface area (Å²) < 4.78 is 14.2. The van der Waals surface area contributed by atoms with Crippen molar-refractivity contribution < 1.29 is 9.18 Å². The molecule has 2 aliphatic rings. The number of piperidine rings is 1. The van der Waals surface area contributed by atoms with Gasteiger partial charge < -0.3 is 16.4 Å². The SMILES string of the molecule is NC(=O)c1ccc(N2C3CCC2CC(N)C3)c(F)c1. The highest BCUT2D eigenvalue weighted by Gasteiger charge is 2.40. The Morgan fingerprint density at radius 3 is 2.42 bits per heavy atom. The summed E-state index contributed by atoms with van der Waals surface area (Å²) in [5.41, 5.74) is 12.0. The number of halogens is 1. The summed E-state index contributed by atoms with van der Waals surface area (Å²) in [7, 11) is 0. The van der Waals surface area contributed by atoms with E-state index < -0.39 is 5.91 Å². The zero-order valence-electron chi connectivity index (χ0n) is 10.7. The predicted octanol–water partition coefficient (Wildman–Crippen LogP) is 1.38. The van der Waals surface area contributed by atoms with E-state index in [1.807, 2.05) is 0 Å². The Balaban J connectivity index is 1.93. The molecule has 2 unspecified atom stereocenters. The number of amides is 1. The molecule has 4 nitrogen and oxygen atoms in total. The fraction of sp³-hybridized carbons (Fsp3) is 0.500. The van der Waals surface area contributed by atoms with Crippen LogP contribution in [0.2, 0.25) is 0 Å². The first-order chi connectivity index (χ1) is 9.06. The van der Waals surface area contributed by atoms with Gasteiger partial charge in [-0.25, -0.2) is 4.39 Å². The van der Waals surface area contributed by atoms with Crippen molar-refractivity contribution in [3.63, 3.8) is 0 Å². The summed E-state index contributed by atoms with van der Waals surface area (Å²) in [4.78, 5) is 13.2. The van der Waals surface area contributed by atoms with Crippen molar-refractivity contribution >= 4 is 11.6 Å². The monoisotopic (exact) mass is 263 g/mol. The largest absolute Gasteiger partial charge is 0.366 e. The molecule has 102 valence electrons. The standard InChI is InChI=1S/C14H18FN3O/c15-12-5-8(14(17)19)1-4-13(12)18-10-2-3-11(18)7-9(16)6-10/h1,4-5,9-11H,2-3,6-7,16H2,(H2,17,19). The van der Waals surface area contributed by atoms with E-state index in [1.54, 1.807) is 12.1 Å². The number of hydrogen-bond acceptors (Lipinski definition) is 3. The summed E-state index contributed by atoms with van der Waals surface area (Å²) in [6, 6.07) is 5.35. The van der Waals surface area contributed by atoms with Crippen molar-refractivity contribution in [1.82, 2.24) is 0 Å². The second kappa shape index (κ2) is 4.49. The number of nitrogens with two attached hydrogens (primary N) is 2.